The predicted molar refractivity (Wildman–Crippen MR) is 102 cm³/mol. The molecule has 0 saturated carbocycles. The first kappa shape index (κ1) is 18.4. The highest BCUT2D eigenvalue weighted by molar-refractivity contribution is 8.00. The van der Waals surface area contributed by atoms with Crippen molar-refractivity contribution in [1.29, 1.82) is 0 Å². The highest BCUT2D eigenvalue weighted by Crippen LogP contribution is 2.25. The highest BCUT2D eigenvalue weighted by Gasteiger charge is 2.22. The number of aromatic amines is 1. The zero-order chi connectivity index (χ0) is 18.7. The van der Waals surface area contributed by atoms with E-state index in [1.54, 1.807) is 24.3 Å². The van der Waals surface area contributed by atoms with Gasteiger partial charge in [-0.15, -0.1) is 0 Å². The number of rotatable bonds is 6. The van der Waals surface area contributed by atoms with E-state index in [-0.39, 0.29) is 22.5 Å². The summed E-state index contributed by atoms with van der Waals surface area (Å²) >= 11 is 1.27. The van der Waals surface area contributed by atoms with E-state index in [1.807, 2.05) is 6.92 Å². The Morgan fingerprint density at radius 2 is 2.00 bits per heavy atom. The second-order valence-electron chi connectivity index (χ2n) is 6.29. The van der Waals surface area contributed by atoms with Crippen LogP contribution in [0.25, 0.3) is 0 Å². The molecule has 1 unspecified atom stereocenters. The van der Waals surface area contributed by atoms with Gasteiger partial charge in [0.05, 0.1) is 10.9 Å². The lowest BCUT2D eigenvalue weighted by molar-refractivity contribution is -0.115. The molecule has 0 spiro atoms. The minimum atomic E-state index is -0.370. The summed E-state index contributed by atoms with van der Waals surface area (Å²) in [6.45, 7) is 3.42. The first-order chi connectivity index (χ1) is 12.5. The second-order valence-corrected chi connectivity index (χ2v) is 7.48. The van der Waals surface area contributed by atoms with Crippen LogP contribution >= 0.6 is 11.8 Å². The summed E-state index contributed by atoms with van der Waals surface area (Å²) < 4.78 is 0. The van der Waals surface area contributed by atoms with Gasteiger partial charge in [-0.3, -0.25) is 14.4 Å². The largest absolute Gasteiger partial charge is 0.325 e. The number of hydrogen-bond donors (Lipinski definition) is 2. The molecule has 1 heterocycles. The van der Waals surface area contributed by atoms with Gasteiger partial charge in [0.15, 0.2) is 10.9 Å². The zero-order valence-electron chi connectivity index (χ0n) is 14.8. The Morgan fingerprint density at radius 1 is 1.27 bits per heavy atom. The third-order valence-corrected chi connectivity index (χ3v) is 5.64. The molecule has 3 rings (SSSR count). The summed E-state index contributed by atoms with van der Waals surface area (Å²) in [5.41, 5.74) is 2.77. The lowest BCUT2D eigenvalue weighted by Gasteiger charge is -2.14. The van der Waals surface area contributed by atoms with Crippen molar-refractivity contribution in [3.8, 4) is 0 Å². The number of amides is 1. The number of carbonyl (C=O) groups excluding carboxylic acids is 2. The van der Waals surface area contributed by atoms with Crippen LogP contribution in [-0.4, -0.2) is 26.9 Å². The Hall–Kier alpha value is -2.41. The van der Waals surface area contributed by atoms with Gasteiger partial charge < -0.3 is 10.3 Å². The number of hydrogen-bond acceptors (Lipinski definition) is 5. The molecule has 1 amide bonds. The number of aryl methyl sites for hydroxylation is 1. The number of thioether (sulfide) groups is 1. The molecule has 6 nitrogen and oxygen atoms in total. The molecule has 26 heavy (non-hydrogen) atoms. The fraction of sp³-hybridized carbons (Fsp3) is 0.368. The van der Waals surface area contributed by atoms with E-state index in [1.165, 1.54) is 18.7 Å². The Kier molecular flexibility index (Phi) is 5.56. The van der Waals surface area contributed by atoms with Gasteiger partial charge in [0, 0.05) is 16.8 Å². The molecule has 2 aromatic rings. The van der Waals surface area contributed by atoms with Crippen molar-refractivity contribution in [2.45, 2.75) is 49.9 Å². The molecule has 2 N–H and O–H groups in total. The molecule has 1 aliphatic rings. The molecular weight excluding hydrogens is 350 g/mol. The zero-order valence-corrected chi connectivity index (χ0v) is 15.6. The maximum absolute atomic E-state index is 12.6. The smallest absolute Gasteiger partial charge is 0.254 e. The van der Waals surface area contributed by atoms with Crippen LogP contribution in [0.2, 0.25) is 0 Å². The summed E-state index contributed by atoms with van der Waals surface area (Å²) in [4.78, 5) is 43.3. The van der Waals surface area contributed by atoms with Crippen LogP contribution < -0.4 is 10.9 Å². The molecule has 1 atom stereocenters. The molecule has 136 valence electrons. The van der Waals surface area contributed by atoms with Crippen LogP contribution in [0.3, 0.4) is 0 Å². The average Bonchev–Trinajstić information content (AvgIpc) is 3.09. The molecular formula is C19H21N3O3S. The van der Waals surface area contributed by atoms with E-state index < -0.39 is 0 Å². The van der Waals surface area contributed by atoms with Crippen LogP contribution in [0, 0.1) is 0 Å². The Bertz CT molecular complexity index is 890. The maximum Gasteiger partial charge on any atom is 0.254 e. The summed E-state index contributed by atoms with van der Waals surface area (Å²) in [6, 6.07) is 6.79. The monoisotopic (exact) mass is 371 g/mol. The highest BCUT2D eigenvalue weighted by atomic mass is 32.2. The molecule has 1 aromatic heterocycles. The third kappa shape index (κ3) is 4.04. The van der Waals surface area contributed by atoms with Gasteiger partial charge >= 0.3 is 0 Å². The van der Waals surface area contributed by atoms with E-state index >= 15 is 0 Å². The van der Waals surface area contributed by atoms with Gasteiger partial charge in [-0.1, -0.05) is 18.7 Å². The van der Waals surface area contributed by atoms with E-state index in [9.17, 15) is 14.4 Å². The standard InChI is InChI=1S/C19H21N3O3S/c1-3-16(18(25)20-13-9-7-12(8-10-13)11(2)23)26-19-21-15-6-4-5-14(15)17(24)22-19/h7-10,16H,3-6H2,1-2H3,(H,20,25)(H,21,22,24). The van der Waals surface area contributed by atoms with E-state index in [0.717, 1.165) is 30.5 Å². The van der Waals surface area contributed by atoms with Crippen LogP contribution in [0.5, 0.6) is 0 Å². The molecule has 1 aliphatic carbocycles. The van der Waals surface area contributed by atoms with Gasteiger partial charge in [-0.2, -0.15) is 0 Å². The normalized spacial score (nSPS) is 13.9. The van der Waals surface area contributed by atoms with Crippen molar-refractivity contribution in [2.75, 3.05) is 5.32 Å². The number of ketones is 1. The Morgan fingerprint density at radius 3 is 2.65 bits per heavy atom. The molecule has 0 bridgehead atoms. The number of benzene rings is 1. The quantitative estimate of drug-likeness (QED) is 0.463. The number of anilines is 1. The molecule has 7 heteroatoms. The first-order valence-corrected chi connectivity index (χ1v) is 9.56. The topological polar surface area (TPSA) is 91.9 Å². The van der Waals surface area contributed by atoms with Gasteiger partial charge in [0.1, 0.15) is 0 Å². The van der Waals surface area contributed by atoms with Gasteiger partial charge in [0.2, 0.25) is 5.91 Å². The summed E-state index contributed by atoms with van der Waals surface area (Å²) in [7, 11) is 0. The lowest BCUT2D eigenvalue weighted by atomic mass is 10.1. The summed E-state index contributed by atoms with van der Waals surface area (Å²) in [6.07, 6.45) is 3.14. The molecule has 0 aliphatic heterocycles. The fourth-order valence-electron chi connectivity index (χ4n) is 2.94. The van der Waals surface area contributed by atoms with E-state index in [0.29, 0.717) is 22.8 Å². The Labute approximate surface area is 155 Å². The number of fused-ring (bicyclic) bond motifs is 1. The number of aromatic nitrogens is 2. The summed E-state index contributed by atoms with van der Waals surface area (Å²) in [5.74, 6) is -0.173. The number of carbonyl (C=O) groups is 2. The molecule has 0 fully saturated rings. The van der Waals surface area contributed by atoms with Crippen molar-refractivity contribution in [1.82, 2.24) is 9.97 Å². The average molecular weight is 371 g/mol. The maximum atomic E-state index is 12.6. The van der Waals surface area contributed by atoms with Crippen LogP contribution in [0.4, 0.5) is 5.69 Å². The Balaban J connectivity index is 1.70. The van der Waals surface area contributed by atoms with E-state index in [4.69, 9.17) is 0 Å². The number of H-pyrrole nitrogens is 1. The van der Waals surface area contributed by atoms with Crippen molar-refractivity contribution >= 4 is 29.1 Å². The fourth-order valence-corrected chi connectivity index (χ4v) is 3.86. The van der Waals surface area contributed by atoms with Crippen molar-refractivity contribution in [3.05, 3.63) is 51.4 Å². The van der Waals surface area contributed by atoms with Gasteiger partial charge in [-0.05, 0) is 56.9 Å². The van der Waals surface area contributed by atoms with Gasteiger partial charge in [-0.25, -0.2) is 4.98 Å². The molecule has 0 saturated heterocycles. The van der Waals surface area contributed by atoms with Crippen LogP contribution in [0.1, 0.15) is 48.3 Å². The SMILES string of the molecule is CCC(Sc1nc2c(c(=O)[nH]1)CCC2)C(=O)Nc1ccc(C(C)=O)cc1. The predicted octanol–water partition coefficient (Wildman–Crippen LogP) is 2.97. The van der Waals surface area contributed by atoms with Crippen LogP contribution in [0.15, 0.2) is 34.2 Å². The van der Waals surface area contributed by atoms with Gasteiger partial charge in [0.25, 0.3) is 5.56 Å². The molecule has 1 aromatic carbocycles. The first-order valence-electron chi connectivity index (χ1n) is 8.68. The number of Topliss-reactive ketones (excluding diaryl/α,β-unsaturated/α-hetero) is 1. The number of nitrogens with zero attached hydrogens (tertiary/aromatic N) is 1. The van der Waals surface area contributed by atoms with Crippen molar-refractivity contribution in [2.24, 2.45) is 0 Å². The minimum absolute atomic E-state index is 0.0171. The lowest BCUT2D eigenvalue weighted by Crippen LogP contribution is -2.25. The van der Waals surface area contributed by atoms with Crippen molar-refractivity contribution < 1.29 is 9.59 Å². The third-order valence-electron chi connectivity index (χ3n) is 4.40. The summed E-state index contributed by atoms with van der Waals surface area (Å²) in [5, 5.41) is 2.98. The van der Waals surface area contributed by atoms with E-state index in [2.05, 4.69) is 15.3 Å². The second kappa shape index (κ2) is 7.86. The van der Waals surface area contributed by atoms with Crippen LogP contribution in [-0.2, 0) is 17.6 Å². The minimum Gasteiger partial charge on any atom is -0.325 e. The molecule has 0 radical (unpaired) electrons. The van der Waals surface area contributed by atoms with Crippen molar-refractivity contribution in [3.63, 3.8) is 0 Å². The number of nitrogens with one attached hydrogen (secondary N) is 2.